The smallest absolute Gasteiger partial charge is 0.178 e. The van der Waals surface area contributed by atoms with Crippen molar-refractivity contribution in [2.75, 3.05) is 37.0 Å². The number of allylic oxidation sites excluding steroid dienone is 1. The van der Waals surface area contributed by atoms with Gasteiger partial charge in [-0.25, -0.2) is 8.42 Å². The predicted octanol–water partition coefficient (Wildman–Crippen LogP) is 2.24. The van der Waals surface area contributed by atoms with Crippen molar-refractivity contribution in [3.63, 3.8) is 0 Å². The van der Waals surface area contributed by atoms with E-state index in [0.717, 1.165) is 18.8 Å². The van der Waals surface area contributed by atoms with Crippen LogP contribution in [0.1, 0.15) is 19.4 Å². The van der Waals surface area contributed by atoms with Gasteiger partial charge >= 0.3 is 0 Å². The van der Waals surface area contributed by atoms with Gasteiger partial charge in [0.1, 0.15) is 5.76 Å². The summed E-state index contributed by atoms with van der Waals surface area (Å²) in [7, 11) is -3.29. The standard InChI is InChI=1S/C15H21NO4S/c1-3-15(17)13-11-12(21(18,19)4-2)5-6-14(13)16-7-9-20-10-8-16/h3,5-6,11,17H,4,7-10H2,1-2H3/b15-3-. The molecule has 6 heteroatoms. The number of nitrogens with zero attached hydrogens (tertiary/aromatic N) is 1. The molecular weight excluding hydrogens is 290 g/mol. The average molecular weight is 311 g/mol. The first-order valence-corrected chi connectivity index (χ1v) is 8.70. The first-order chi connectivity index (χ1) is 9.99. The molecule has 0 spiro atoms. The highest BCUT2D eigenvalue weighted by Gasteiger charge is 2.20. The normalized spacial score (nSPS) is 17.0. The molecule has 0 aromatic heterocycles. The Morgan fingerprint density at radius 2 is 2.05 bits per heavy atom. The van der Waals surface area contributed by atoms with Crippen molar-refractivity contribution in [3.8, 4) is 0 Å². The quantitative estimate of drug-likeness (QED) is 0.864. The van der Waals surface area contributed by atoms with E-state index in [-0.39, 0.29) is 16.4 Å². The molecule has 0 saturated carbocycles. The Kier molecular flexibility index (Phi) is 4.90. The third kappa shape index (κ3) is 3.39. The Hall–Kier alpha value is -1.53. The van der Waals surface area contributed by atoms with E-state index in [1.165, 1.54) is 0 Å². The van der Waals surface area contributed by atoms with E-state index >= 15 is 0 Å². The fraction of sp³-hybridized carbons (Fsp3) is 0.467. The van der Waals surface area contributed by atoms with Crippen LogP contribution in [0.5, 0.6) is 0 Å². The monoisotopic (exact) mass is 311 g/mol. The summed E-state index contributed by atoms with van der Waals surface area (Å²) < 4.78 is 29.4. The summed E-state index contributed by atoms with van der Waals surface area (Å²) >= 11 is 0. The van der Waals surface area contributed by atoms with Crippen LogP contribution in [0.15, 0.2) is 29.2 Å². The topological polar surface area (TPSA) is 66.8 Å². The maximum Gasteiger partial charge on any atom is 0.178 e. The number of rotatable bonds is 4. The van der Waals surface area contributed by atoms with Gasteiger partial charge in [-0.2, -0.15) is 0 Å². The van der Waals surface area contributed by atoms with Gasteiger partial charge in [0.15, 0.2) is 9.84 Å². The van der Waals surface area contributed by atoms with Crippen LogP contribution in [-0.4, -0.2) is 45.6 Å². The molecule has 1 aliphatic heterocycles. The minimum Gasteiger partial charge on any atom is -0.508 e. The number of aliphatic hydroxyl groups is 1. The summed E-state index contributed by atoms with van der Waals surface area (Å²) in [5.74, 6) is 0.129. The van der Waals surface area contributed by atoms with E-state index in [1.54, 1.807) is 38.1 Å². The second-order valence-corrected chi connectivity index (χ2v) is 7.13. The van der Waals surface area contributed by atoms with Crippen molar-refractivity contribution in [3.05, 3.63) is 29.8 Å². The second-order valence-electron chi connectivity index (χ2n) is 4.86. The van der Waals surface area contributed by atoms with E-state index in [0.29, 0.717) is 18.8 Å². The Morgan fingerprint density at radius 1 is 1.38 bits per heavy atom. The van der Waals surface area contributed by atoms with Crippen LogP contribution in [0, 0.1) is 0 Å². The zero-order valence-corrected chi connectivity index (χ0v) is 13.2. The molecule has 0 bridgehead atoms. The summed E-state index contributed by atoms with van der Waals surface area (Å²) in [6.07, 6.45) is 1.57. The number of benzene rings is 1. The van der Waals surface area contributed by atoms with Crippen molar-refractivity contribution in [2.24, 2.45) is 0 Å². The molecule has 5 nitrogen and oxygen atoms in total. The zero-order chi connectivity index (χ0) is 15.5. The molecule has 1 N–H and O–H groups in total. The van der Waals surface area contributed by atoms with Crippen LogP contribution >= 0.6 is 0 Å². The number of sulfone groups is 1. The minimum atomic E-state index is -3.29. The van der Waals surface area contributed by atoms with E-state index in [1.807, 2.05) is 0 Å². The van der Waals surface area contributed by atoms with Gasteiger partial charge in [0.2, 0.25) is 0 Å². The molecule has 0 amide bonds. The lowest BCUT2D eigenvalue weighted by molar-refractivity contribution is 0.122. The average Bonchev–Trinajstić information content (AvgIpc) is 2.54. The number of hydrogen-bond donors (Lipinski definition) is 1. The van der Waals surface area contributed by atoms with E-state index in [9.17, 15) is 13.5 Å². The Morgan fingerprint density at radius 3 is 2.62 bits per heavy atom. The van der Waals surface area contributed by atoms with E-state index in [4.69, 9.17) is 4.74 Å². The third-order valence-corrected chi connectivity index (χ3v) is 5.34. The van der Waals surface area contributed by atoms with Gasteiger partial charge in [0.25, 0.3) is 0 Å². The fourth-order valence-electron chi connectivity index (χ4n) is 2.32. The van der Waals surface area contributed by atoms with Gasteiger partial charge < -0.3 is 14.7 Å². The Balaban J connectivity index is 2.50. The molecule has 21 heavy (non-hydrogen) atoms. The Labute approximate surface area is 125 Å². The molecule has 1 heterocycles. The highest BCUT2D eigenvalue weighted by atomic mass is 32.2. The summed E-state index contributed by atoms with van der Waals surface area (Å²) in [5.41, 5.74) is 1.39. The number of ether oxygens (including phenoxy) is 1. The van der Waals surface area contributed by atoms with Crippen LogP contribution in [-0.2, 0) is 14.6 Å². The van der Waals surface area contributed by atoms with Crippen molar-refractivity contribution >= 4 is 21.3 Å². The maximum absolute atomic E-state index is 12.0. The summed E-state index contributed by atoms with van der Waals surface area (Å²) in [4.78, 5) is 2.34. The predicted molar refractivity (Wildman–Crippen MR) is 83.5 cm³/mol. The largest absolute Gasteiger partial charge is 0.508 e. The molecular formula is C15H21NO4S. The molecule has 1 saturated heterocycles. The molecule has 0 atom stereocenters. The van der Waals surface area contributed by atoms with Crippen molar-refractivity contribution in [1.29, 1.82) is 0 Å². The van der Waals surface area contributed by atoms with Gasteiger partial charge in [-0.05, 0) is 31.2 Å². The Bertz CT molecular complexity index is 631. The molecule has 2 rings (SSSR count). The summed E-state index contributed by atoms with van der Waals surface area (Å²) in [5, 5.41) is 10.1. The highest BCUT2D eigenvalue weighted by molar-refractivity contribution is 7.91. The van der Waals surface area contributed by atoms with Gasteiger partial charge in [0, 0.05) is 24.3 Å². The van der Waals surface area contributed by atoms with Crippen LogP contribution < -0.4 is 4.90 Å². The van der Waals surface area contributed by atoms with Crippen LogP contribution in [0.3, 0.4) is 0 Å². The van der Waals surface area contributed by atoms with Gasteiger partial charge in [0.05, 0.1) is 23.9 Å². The minimum absolute atomic E-state index is 0.0416. The molecule has 116 valence electrons. The molecule has 1 aromatic rings. The van der Waals surface area contributed by atoms with Crippen molar-refractivity contribution < 1.29 is 18.3 Å². The number of aliphatic hydroxyl groups excluding tert-OH is 1. The zero-order valence-electron chi connectivity index (χ0n) is 12.4. The lowest BCUT2D eigenvalue weighted by atomic mass is 10.1. The fourth-order valence-corrected chi connectivity index (χ4v) is 3.22. The highest BCUT2D eigenvalue weighted by Crippen LogP contribution is 2.29. The van der Waals surface area contributed by atoms with Crippen molar-refractivity contribution in [1.82, 2.24) is 0 Å². The van der Waals surface area contributed by atoms with Crippen LogP contribution in [0.25, 0.3) is 5.76 Å². The van der Waals surface area contributed by atoms with Gasteiger partial charge in [-0.15, -0.1) is 0 Å². The SMILES string of the molecule is C/C=C(\O)c1cc(S(=O)(=O)CC)ccc1N1CCOCC1. The molecule has 0 radical (unpaired) electrons. The lowest BCUT2D eigenvalue weighted by Gasteiger charge is -2.30. The lowest BCUT2D eigenvalue weighted by Crippen LogP contribution is -2.36. The first kappa shape index (κ1) is 15.9. The second kappa shape index (κ2) is 6.49. The van der Waals surface area contributed by atoms with Crippen LogP contribution in [0.4, 0.5) is 5.69 Å². The van der Waals surface area contributed by atoms with Crippen molar-refractivity contribution in [2.45, 2.75) is 18.7 Å². The number of morpholine rings is 1. The molecule has 0 aliphatic carbocycles. The first-order valence-electron chi connectivity index (χ1n) is 7.04. The summed E-state index contributed by atoms with van der Waals surface area (Å²) in [6, 6.07) is 4.93. The molecule has 1 aromatic carbocycles. The van der Waals surface area contributed by atoms with Crippen LogP contribution in [0.2, 0.25) is 0 Å². The summed E-state index contributed by atoms with van der Waals surface area (Å²) in [6.45, 7) is 6.05. The van der Waals surface area contributed by atoms with Gasteiger partial charge in [-0.1, -0.05) is 6.92 Å². The maximum atomic E-state index is 12.0. The van der Waals surface area contributed by atoms with E-state index < -0.39 is 9.84 Å². The molecule has 1 fully saturated rings. The van der Waals surface area contributed by atoms with E-state index in [2.05, 4.69) is 4.90 Å². The van der Waals surface area contributed by atoms with Gasteiger partial charge in [-0.3, -0.25) is 0 Å². The third-order valence-electron chi connectivity index (χ3n) is 3.61. The number of hydrogen-bond acceptors (Lipinski definition) is 5. The molecule has 1 aliphatic rings. The molecule has 0 unspecified atom stereocenters. The number of anilines is 1.